The molecule has 3 atom stereocenters. The highest BCUT2D eigenvalue weighted by Gasteiger charge is 2.54. The standard InChI is InChI=1S/C16H17BrN4O6S/c1-7(20-4-10(17)3-18-20)13(23)19-11-14(24)21-12(16(25)26)9(5-27-8(2)22)6-28-15(11)21/h3-4,7,11,15H,5-6H2,1-2H3,(H,19,23)(H,25,26)/t7-,11+,15-/m1/s1. The Morgan fingerprint density at radius 3 is 2.79 bits per heavy atom. The van der Waals surface area contributed by atoms with Gasteiger partial charge in [0.25, 0.3) is 5.91 Å². The van der Waals surface area contributed by atoms with E-state index in [4.69, 9.17) is 4.74 Å². The lowest BCUT2D eigenvalue weighted by Crippen LogP contribution is -2.71. The Hall–Kier alpha value is -2.34. The number of rotatable bonds is 6. The lowest BCUT2D eigenvalue weighted by Gasteiger charge is -2.49. The number of hydrogen-bond donors (Lipinski definition) is 2. The van der Waals surface area contributed by atoms with Crippen LogP contribution in [0.4, 0.5) is 0 Å². The first-order chi connectivity index (χ1) is 13.2. The minimum absolute atomic E-state index is 0.190. The highest BCUT2D eigenvalue weighted by Crippen LogP contribution is 2.40. The maximum atomic E-state index is 12.6. The molecule has 2 aliphatic heterocycles. The van der Waals surface area contributed by atoms with Crippen molar-refractivity contribution in [3.8, 4) is 0 Å². The van der Waals surface area contributed by atoms with Gasteiger partial charge < -0.3 is 15.2 Å². The number of nitrogens with zero attached hydrogens (tertiary/aromatic N) is 3. The smallest absolute Gasteiger partial charge is 0.352 e. The molecule has 0 aromatic carbocycles. The summed E-state index contributed by atoms with van der Waals surface area (Å²) in [7, 11) is 0. The quantitative estimate of drug-likeness (QED) is 0.452. The Balaban J connectivity index is 1.72. The zero-order valence-electron chi connectivity index (χ0n) is 14.9. The monoisotopic (exact) mass is 472 g/mol. The fraction of sp³-hybridized carbons (Fsp3) is 0.438. The van der Waals surface area contributed by atoms with Gasteiger partial charge in [-0.3, -0.25) is 24.0 Å². The van der Waals surface area contributed by atoms with Crippen molar-refractivity contribution in [2.75, 3.05) is 12.4 Å². The molecule has 2 N–H and O–H groups in total. The van der Waals surface area contributed by atoms with Gasteiger partial charge in [0, 0.05) is 24.4 Å². The first kappa shape index (κ1) is 20.4. The average Bonchev–Trinajstić information content (AvgIpc) is 3.08. The molecule has 0 unspecified atom stereocenters. The number of carboxylic acid groups (broad SMARTS) is 1. The van der Waals surface area contributed by atoms with Gasteiger partial charge in [0.2, 0.25) is 5.91 Å². The molecule has 0 spiro atoms. The number of ether oxygens (including phenoxy) is 1. The van der Waals surface area contributed by atoms with E-state index in [1.165, 1.54) is 23.4 Å². The van der Waals surface area contributed by atoms with Crippen molar-refractivity contribution in [1.29, 1.82) is 0 Å². The highest BCUT2D eigenvalue weighted by atomic mass is 79.9. The topological polar surface area (TPSA) is 131 Å². The molecule has 0 aliphatic carbocycles. The Bertz CT molecular complexity index is 884. The van der Waals surface area contributed by atoms with E-state index in [-0.39, 0.29) is 18.1 Å². The SMILES string of the molecule is CC(=O)OCC1=C(C(=O)O)N2C(=O)[C@H](NC(=O)[C@@H](C)n3cc(Br)cn3)[C@H]2SC1. The van der Waals surface area contributed by atoms with Gasteiger partial charge in [-0.2, -0.15) is 5.10 Å². The molecule has 0 bridgehead atoms. The molecular formula is C16H17BrN4O6S. The number of esters is 1. The van der Waals surface area contributed by atoms with E-state index in [9.17, 15) is 24.3 Å². The molecule has 1 aromatic rings. The summed E-state index contributed by atoms with van der Waals surface area (Å²) in [5.74, 6) is -2.46. The fourth-order valence-electron chi connectivity index (χ4n) is 2.90. The van der Waals surface area contributed by atoms with Crippen molar-refractivity contribution in [2.24, 2.45) is 0 Å². The summed E-state index contributed by atoms with van der Waals surface area (Å²) in [6, 6.07) is -1.47. The minimum Gasteiger partial charge on any atom is -0.477 e. The van der Waals surface area contributed by atoms with E-state index < -0.39 is 41.2 Å². The summed E-state index contributed by atoms with van der Waals surface area (Å²) in [5.41, 5.74) is 0.154. The average molecular weight is 473 g/mol. The molecule has 10 nitrogen and oxygen atoms in total. The number of halogens is 1. The van der Waals surface area contributed by atoms with Gasteiger partial charge in [-0.1, -0.05) is 0 Å². The van der Waals surface area contributed by atoms with Crippen LogP contribution in [0.5, 0.6) is 0 Å². The van der Waals surface area contributed by atoms with Crippen molar-refractivity contribution < 1.29 is 29.0 Å². The van der Waals surface area contributed by atoms with E-state index in [2.05, 4.69) is 26.3 Å². The molecule has 3 heterocycles. The molecule has 150 valence electrons. The molecule has 2 amide bonds. The third-order valence-electron chi connectivity index (χ3n) is 4.34. The van der Waals surface area contributed by atoms with Crippen LogP contribution in [0.15, 0.2) is 28.1 Å². The predicted octanol–water partition coefficient (Wildman–Crippen LogP) is 0.508. The number of carbonyl (C=O) groups is 4. The number of carboxylic acids is 1. The summed E-state index contributed by atoms with van der Waals surface area (Å²) in [6.45, 7) is 2.67. The third kappa shape index (κ3) is 3.78. The van der Waals surface area contributed by atoms with Gasteiger partial charge in [-0.05, 0) is 22.9 Å². The number of β-lactam (4-membered cyclic amide) rings is 1. The Morgan fingerprint density at radius 1 is 1.50 bits per heavy atom. The highest BCUT2D eigenvalue weighted by molar-refractivity contribution is 9.10. The number of nitrogens with one attached hydrogen (secondary N) is 1. The lowest BCUT2D eigenvalue weighted by atomic mass is 10.0. The van der Waals surface area contributed by atoms with Crippen LogP contribution in [0.25, 0.3) is 0 Å². The molecule has 2 aliphatic rings. The first-order valence-electron chi connectivity index (χ1n) is 8.24. The van der Waals surface area contributed by atoms with Gasteiger partial charge in [0.1, 0.15) is 29.8 Å². The van der Waals surface area contributed by atoms with Crippen LogP contribution in [0.3, 0.4) is 0 Å². The second-order valence-electron chi connectivity index (χ2n) is 6.25. The summed E-state index contributed by atoms with van der Waals surface area (Å²) in [4.78, 5) is 48.8. The number of amides is 2. The summed E-state index contributed by atoms with van der Waals surface area (Å²) in [6.07, 6.45) is 3.19. The summed E-state index contributed by atoms with van der Waals surface area (Å²) >= 11 is 4.56. The number of thioether (sulfide) groups is 1. The maximum Gasteiger partial charge on any atom is 0.352 e. The summed E-state index contributed by atoms with van der Waals surface area (Å²) in [5, 5.41) is 15.7. The number of hydrogen-bond acceptors (Lipinski definition) is 7. The van der Waals surface area contributed by atoms with Crippen LogP contribution < -0.4 is 5.32 Å². The molecular weight excluding hydrogens is 456 g/mol. The van der Waals surface area contributed by atoms with E-state index in [1.807, 2.05) is 0 Å². The Labute approximate surface area is 172 Å². The van der Waals surface area contributed by atoms with Crippen molar-refractivity contribution in [2.45, 2.75) is 31.3 Å². The van der Waals surface area contributed by atoms with Gasteiger partial charge in [-0.25, -0.2) is 4.79 Å². The van der Waals surface area contributed by atoms with Crippen LogP contribution in [0, 0.1) is 0 Å². The van der Waals surface area contributed by atoms with Crippen LogP contribution in [-0.4, -0.2) is 67.3 Å². The molecule has 3 rings (SSSR count). The Kier molecular flexibility index (Phi) is 5.79. The van der Waals surface area contributed by atoms with Crippen molar-refractivity contribution >= 4 is 51.4 Å². The van der Waals surface area contributed by atoms with E-state index in [0.29, 0.717) is 5.57 Å². The minimum atomic E-state index is -1.28. The van der Waals surface area contributed by atoms with Crippen LogP contribution in [-0.2, 0) is 23.9 Å². The van der Waals surface area contributed by atoms with E-state index in [1.54, 1.807) is 19.3 Å². The van der Waals surface area contributed by atoms with Crippen LogP contribution in [0.1, 0.15) is 19.9 Å². The Morgan fingerprint density at radius 2 is 2.21 bits per heavy atom. The third-order valence-corrected chi connectivity index (χ3v) is 6.09. The van der Waals surface area contributed by atoms with Crippen molar-refractivity contribution in [3.63, 3.8) is 0 Å². The van der Waals surface area contributed by atoms with Gasteiger partial charge >= 0.3 is 11.9 Å². The van der Waals surface area contributed by atoms with E-state index in [0.717, 1.165) is 9.37 Å². The second kappa shape index (κ2) is 7.95. The molecule has 28 heavy (non-hydrogen) atoms. The molecule has 1 saturated heterocycles. The molecule has 1 aromatic heterocycles. The molecule has 0 saturated carbocycles. The van der Waals surface area contributed by atoms with E-state index >= 15 is 0 Å². The lowest BCUT2D eigenvalue weighted by molar-refractivity contribution is -0.151. The van der Waals surface area contributed by atoms with Crippen LogP contribution >= 0.6 is 27.7 Å². The van der Waals surface area contributed by atoms with Crippen molar-refractivity contribution in [1.82, 2.24) is 20.0 Å². The molecule has 12 heteroatoms. The normalized spacial score (nSPS) is 22.2. The van der Waals surface area contributed by atoms with Gasteiger partial charge in [-0.15, -0.1) is 11.8 Å². The fourth-order valence-corrected chi connectivity index (χ4v) is 4.53. The maximum absolute atomic E-state index is 12.6. The number of aromatic nitrogens is 2. The number of carbonyl (C=O) groups excluding carboxylic acids is 3. The predicted molar refractivity (Wildman–Crippen MR) is 101 cm³/mol. The first-order valence-corrected chi connectivity index (χ1v) is 10.1. The van der Waals surface area contributed by atoms with Gasteiger partial charge in [0.05, 0.1) is 10.7 Å². The number of aliphatic carboxylic acids is 1. The zero-order chi connectivity index (χ0) is 20.6. The zero-order valence-corrected chi connectivity index (χ0v) is 17.3. The van der Waals surface area contributed by atoms with Crippen molar-refractivity contribution in [3.05, 3.63) is 28.1 Å². The summed E-state index contributed by atoms with van der Waals surface area (Å²) < 4.78 is 7.06. The number of fused-ring (bicyclic) bond motifs is 1. The molecule has 0 radical (unpaired) electrons. The second-order valence-corrected chi connectivity index (χ2v) is 8.27. The van der Waals surface area contributed by atoms with Crippen LogP contribution in [0.2, 0.25) is 0 Å². The van der Waals surface area contributed by atoms with Gasteiger partial charge in [0.15, 0.2) is 0 Å². The molecule has 1 fully saturated rings. The largest absolute Gasteiger partial charge is 0.477 e.